The fraction of sp³-hybridized carbons (Fsp3) is 0.385. The molecule has 4 nitrogen and oxygen atoms in total. The van der Waals surface area contributed by atoms with Gasteiger partial charge in [0.2, 0.25) is 5.91 Å². The maximum absolute atomic E-state index is 11.5. The van der Waals surface area contributed by atoms with Crippen molar-refractivity contribution in [2.75, 3.05) is 25.5 Å². The van der Waals surface area contributed by atoms with Crippen LogP contribution in [-0.4, -0.2) is 30.9 Å². The van der Waals surface area contributed by atoms with Crippen LogP contribution in [0.2, 0.25) is 0 Å². The third-order valence-corrected chi connectivity index (χ3v) is 2.58. The van der Waals surface area contributed by atoms with Gasteiger partial charge in [0.1, 0.15) is 0 Å². The summed E-state index contributed by atoms with van der Waals surface area (Å²) in [6.07, 6.45) is 0.414. The van der Waals surface area contributed by atoms with Gasteiger partial charge in [-0.05, 0) is 24.6 Å². The van der Waals surface area contributed by atoms with E-state index in [1.54, 1.807) is 11.9 Å². The second-order valence-electron chi connectivity index (χ2n) is 3.79. The third-order valence-electron chi connectivity index (χ3n) is 2.58. The van der Waals surface area contributed by atoms with E-state index in [-0.39, 0.29) is 5.91 Å². The second kappa shape index (κ2) is 6.54. The number of rotatable bonds is 5. The molecule has 4 heteroatoms. The van der Waals surface area contributed by atoms with Gasteiger partial charge in [-0.3, -0.25) is 4.79 Å². The molecule has 0 saturated carbocycles. The Labute approximate surface area is 102 Å². The second-order valence-corrected chi connectivity index (χ2v) is 3.79. The van der Waals surface area contributed by atoms with E-state index in [9.17, 15) is 4.79 Å². The van der Waals surface area contributed by atoms with E-state index in [0.717, 1.165) is 11.3 Å². The molecule has 1 rings (SSSR count). The van der Waals surface area contributed by atoms with Crippen LogP contribution < -0.4 is 5.32 Å². The van der Waals surface area contributed by atoms with Gasteiger partial charge in [0.25, 0.3) is 0 Å². The maximum atomic E-state index is 11.5. The third kappa shape index (κ3) is 4.15. The highest BCUT2D eigenvalue weighted by atomic mass is 16.2. The number of anilines is 1. The zero-order valence-electron chi connectivity index (χ0n) is 10.2. The zero-order valence-corrected chi connectivity index (χ0v) is 10.2. The molecule has 17 heavy (non-hydrogen) atoms. The summed E-state index contributed by atoms with van der Waals surface area (Å²) in [7, 11) is 1.78. The van der Waals surface area contributed by atoms with Crippen LogP contribution in [0.3, 0.4) is 0 Å². The molecule has 0 aliphatic heterocycles. The van der Waals surface area contributed by atoms with E-state index in [4.69, 9.17) is 5.26 Å². The van der Waals surface area contributed by atoms with Crippen molar-refractivity contribution in [1.29, 1.82) is 5.26 Å². The molecule has 0 saturated heterocycles. The molecule has 0 fully saturated rings. The first-order valence-electron chi connectivity index (χ1n) is 5.61. The molecule has 90 valence electrons. The van der Waals surface area contributed by atoms with Crippen LogP contribution in [0, 0.1) is 11.3 Å². The Hall–Kier alpha value is -2.02. The van der Waals surface area contributed by atoms with E-state index in [0.29, 0.717) is 19.5 Å². The Balaban J connectivity index is 2.47. The average Bonchev–Trinajstić information content (AvgIpc) is 2.37. The first-order valence-corrected chi connectivity index (χ1v) is 5.61. The van der Waals surface area contributed by atoms with Crippen LogP contribution >= 0.6 is 0 Å². The van der Waals surface area contributed by atoms with E-state index in [2.05, 4.69) is 11.4 Å². The Morgan fingerprint density at radius 1 is 1.41 bits per heavy atom. The lowest BCUT2D eigenvalue weighted by Gasteiger charge is -2.15. The van der Waals surface area contributed by atoms with Crippen molar-refractivity contribution in [3.8, 4) is 6.07 Å². The number of nitrogens with one attached hydrogen (secondary N) is 1. The number of likely N-dealkylation sites (N-methyl/N-ethyl adjacent to an activating group) is 1. The number of carbonyl (C=O) groups is 1. The van der Waals surface area contributed by atoms with Gasteiger partial charge in [-0.2, -0.15) is 5.26 Å². The minimum atomic E-state index is 0.0635. The van der Waals surface area contributed by atoms with Crippen LogP contribution in [0.25, 0.3) is 0 Å². The molecule has 0 unspecified atom stereocenters. The van der Waals surface area contributed by atoms with Crippen LogP contribution in [0.5, 0.6) is 0 Å². The molecule has 0 aromatic heterocycles. The molecule has 0 atom stereocenters. The minimum absolute atomic E-state index is 0.0635. The van der Waals surface area contributed by atoms with Crippen molar-refractivity contribution in [1.82, 2.24) is 4.90 Å². The van der Waals surface area contributed by atoms with Gasteiger partial charge in [-0.25, -0.2) is 0 Å². The monoisotopic (exact) mass is 231 g/mol. The summed E-state index contributed by atoms with van der Waals surface area (Å²) in [4.78, 5) is 13.2. The van der Waals surface area contributed by atoms with E-state index in [1.165, 1.54) is 0 Å². The van der Waals surface area contributed by atoms with Crippen molar-refractivity contribution < 1.29 is 4.79 Å². The van der Waals surface area contributed by atoms with Gasteiger partial charge in [0, 0.05) is 19.3 Å². The van der Waals surface area contributed by atoms with Crippen LogP contribution in [0.1, 0.15) is 12.5 Å². The smallest absolute Gasteiger partial charge is 0.241 e. The van der Waals surface area contributed by atoms with Gasteiger partial charge in [-0.15, -0.1) is 0 Å². The highest BCUT2D eigenvalue weighted by molar-refractivity contribution is 5.80. The summed E-state index contributed by atoms with van der Waals surface area (Å²) < 4.78 is 0. The summed E-state index contributed by atoms with van der Waals surface area (Å²) in [5.41, 5.74) is 1.87. The maximum Gasteiger partial charge on any atom is 0.241 e. The standard InChI is InChI=1S/C13H17N3O/c1-3-16(2)13(17)10-15-12-6-4-11(5-7-12)8-9-14/h4-7,15H,3,8,10H2,1-2H3. The Bertz CT molecular complexity index is 406. The van der Waals surface area contributed by atoms with Gasteiger partial charge in [0.15, 0.2) is 0 Å². The number of carbonyl (C=O) groups excluding carboxylic acids is 1. The number of nitrogens with zero attached hydrogens (tertiary/aromatic N) is 2. The van der Waals surface area contributed by atoms with Gasteiger partial charge >= 0.3 is 0 Å². The predicted molar refractivity (Wildman–Crippen MR) is 67.6 cm³/mol. The number of nitriles is 1. The topological polar surface area (TPSA) is 56.1 Å². The van der Waals surface area contributed by atoms with E-state index < -0.39 is 0 Å². The van der Waals surface area contributed by atoms with Crippen LogP contribution in [-0.2, 0) is 11.2 Å². The van der Waals surface area contributed by atoms with Crippen molar-refractivity contribution in [2.45, 2.75) is 13.3 Å². The molecule has 1 amide bonds. The van der Waals surface area contributed by atoms with E-state index in [1.807, 2.05) is 31.2 Å². The SMILES string of the molecule is CCN(C)C(=O)CNc1ccc(CC#N)cc1. The lowest BCUT2D eigenvalue weighted by atomic mass is 10.1. The molecule has 1 aromatic rings. The van der Waals surface area contributed by atoms with E-state index >= 15 is 0 Å². The summed E-state index contributed by atoms with van der Waals surface area (Å²) >= 11 is 0. The molecular weight excluding hydrogens is 214 g/mol. The Kier molecular flexibility index (Phi) is 5.02. The lowest BCUT2D eigenvalue weighted by molar-refractivity contribution is -0.127. The molecule has 0 heterocycles. The first kappa shape index (κ1) is 13.0. The molecule has 1 aromatic carbocycles. The highest BCUT2D eigenvalue weighted by Crippen LogP contribution is 2.09. The quantitative estimate of drug-likeness (QED) is 0.838. The van der Waals surface area contributed by atoms with Crippen molar-refractivity contribution >= 4 is 11.6 Å². The predicted octanol–water partition coefficient (Wildman–Crippen LogP) is 1.64. The van der Waals surface area contributed by atoms with Crippen molar-refractivity contribution in [3.63, 3.8) is 0 Å². The zero-order chi connectivity index (χ0) is 12.7. The number of hydrogen-bond acceptors (Lipinski definition) is 3. The van der Waals surface area contributed by atoms with Crippen LogP contribution in [0.15, 0.2) is 24.3 Å². The van der Waals surface area contributed by atoms with Crippen molar-refractivity contribution in [2.24, 2.45) is 0 Å². The molecule has 0 aliphatic rings. The van der Waals surface area contributed by atoms with Crippen molar-refractivity contribution in [3.05, 3.63) is 29.8 Å². The fourth-order valence-corrected chi connectivity index (χ4v) is 1.32. The summed E-state index contributed by atoms with van der Waals surface area (Å²) in [6, 6.07) is 9.63. The normalized spacial score (nSPS) is 9.47. The Morgan fingerprint density at radius 2 is 2.06 bits per heavy atom. The lowest BCUT2D eigenvalue weighted by Crippen LogP contribution is -2.31. The largest absolute Gasteiger partial charge is 0.376 e. The highest BCUT2D eigenvalue weighted by Gasteiger charge is 2.05. The summed E-state index contributed by atoms with van der Waals surface area (Å²) in [5, 5.41) is 11.6. The molecular formula is C13H17N3O. The number of hydrogen-bond donors (Lipinski definition) is 1. The molecule has 0 aliphatic carbocycles. The number of benzene rings is 1. The molecule has 0 radical (unpaired) electrons. The Morgan fingerprint density at radius 3 is 2.59 bits per heavy atom. The van der Waals surface area contributed by atoms with Gasteiger partial charge in [-0.1, -0.05) is 12.1 Å². The molecule has 0 bridgehead atoms. The number of amides is 1. The average molecular weight is 231 g/mol. The summed E-state index contributed by atoms with van der Waals surface area (Å²) in [5.74, 6) is 0.0635. The molecule has 1 N–H and O–H groups in total. The van der Waals surface area contributed by atoms with Crippen LogP contribution in [0.4, 0.5) is 5.69 Å². The fourth-order valence-electron chi connectivity index (χ4n) is 1.32. The molecule has 0 spiro atoms. The first-order chi connectivity index (χ1) is 8.17. The van der Waals surface area contributed by atoms with Gasteiger partial charge in [0.05, 0.1) is 19.0 Å². The summed E-state index contributed by atoms with van der Waals surface area (Å²) in [6.45, 7) is 2.94. The van der Waals surface area contributed by atoms with Gasteiger partial charge < -0.3 is 10.2 Å². The minimum Gasteiger partial charge on any atom is -0.376 e.